The Labute approximate surface area is 172 Å². The molecule has 0 spiro atoms. The van der Waals surface area contributed by atoms with Crippen LogP contribution in [0.25, 0.3) is 0 Å². The number of carbonyl (C=O) groups excluding carboxylic acids is 1. The zero-order valence-electron chi connectivity index (χ0n) is 16.8. The van der Waals surface area contributed by atoms with Gasteiger partial charge in [0.25, 0.3) is 0 Å². The summed E-state index contributed by atoms with van der Waals surface area (Å²) < 4.78 is 13.1. The molecule has 0 aromatic heterocycles. The predicted molar refractivity (Wildman–Crippen MR) is 113 cm³/mol. The van der Waals surface area contributed by atoms with Crippen LogP contribution in [0.3, 0.4) is 0 Å². The Kier molecular flexibility index (Phi) is 6.42. The van der Waals surface area contributed by atoms with Crippen molar-refractivity contribution in [1.82, 2.24) is 14.7 Å². The summed E-state index contributed by atoms with van der Waals surface area (Å²) in [6.07, 6.45) is 0. The largest absolute Gasteiger partial charge is 0.368 e. The van der Waals surface area contributed by atoms with E-state index in [1.165, 1.54) is 17.7 Å². The number of amides is 1. The molecule has 2 aromatic carbocycles. The van der Waals surface area contributed by atoms with Crippen molar-refractivity contribution in [1.29, 1.82) is 0 Å². The number of piperazine rings is 2. The van der Waals surface area contributed by atoms with Crippen molar-refractivity contribution >= 4 is 11.6 Å². The zero-order valence-corrected chi connectivity index (χ0v) is 16.8. The first-order valence-corrected chi connectivity index (χ1v) is 10.4. The molecular weight excluding hydrogens is 367 g/mol. The number of hydrogen-bond acceptors (Lipinski definition) is 4. The Morgan fingerprint density at radius 3 is 2.03 bits per heavy atom. The van der Waals surface area contributed by atoms with Crippen LogP contribution in [0.15, 0.2) is 54.6 Å². The van der Waals surface area contributed by atoms with Gasteiger partial charge in [-0.05, 0) is 29.8 Å². The molecule has 0 bridgehead atoms. The summed E-state index contributed by atoms with van der Waals surface area (Å²) in [7, 11) is 0. The topological polar surface area (TPSA) is 30.0 Å². The minimum Gasteiger partial charge on any atom is -0.368 e. The summed E-state index contributed by atoms with van der Waals surface area (Å²) in [6.45, 7) is 8.41. The number of anilines is 1. The summed E-state index contributed by atoms with van der Waals surface area (Å²) in [6, 6.07) is 17.1. The van der Waals surface area contributed by atoms with E-state index in [9.17, 15) is 9.18 Å². The highest BCUT2D eigenvalue weighted by Gasteiger charge is 2.25. The molecule has 0 radical (unpaired) electrons. The fourth-order valence-corrected chi connectivity index (χ4v) is 4.10. The minimum absolute atomic E-state index is 0.216. The molecule has 0 aliphatic carbocycles. The van der Waals surface area contributed by atoms with Crippen LogP contribution in [-0.4, -0.2) is 79.5 Å². The number of benzene rings is 2. The van der Waals surface area contributed by atoms with Crippen LogP contribution >= 0.6 is 0 Å². The molecule has 154 valence electrons. The van der Waals surface area contributed by atoms with Gasteiger partial charge < -0.3 is 9.80 Å². The van der Waals surface area contributed by atoms with Gasteiger partial charge in [-0.25, -0.2) is 4.39 Å². The Hall–Kier alpha value is -2.44. The van der Waals surface area contributed by atoms with E-state index in [-0.39, 0.29) is 11.7 Å². The number of rotatable bonds is 5. The van der Waals surface area contributed by atoms with Gasteiger partial charge in [0.2, 0.25) is 5.91 Å². The molecule has 0 saturated carbocycles. The molecule has 2 saturated heterocycles. The highest BCUT2D eigenvalue weighted by molar-refractivity contribution is 5.78. The lowest BCUT2D eigenvalue weighted by Gasteiger charge is -2.38. The van der Waals surface area contributed by atoms with Crippen molar-refractivity contribution < 1.29 is 9.18 Å². The van der Waals surface area contributed by atoms with E-state index in [1.807, 2.05) is 23.1 Å². The monoisotopic (exact) mass is 396 g/mol. The van der Waals surface area contributed by atoms with Gasteiger partial charge in [-0.3, -0.25) is 14.6 Å². The first-order chi connectivity index (χ1) is 14.2. The van der Waals surface area contributed by atoms with Gasteiger partial charge in [0, 0.05) is 64.6 Å². The minimum atomic E-state index is -0.216. The highest BCUT2D eigenvalue weighted by Crippen LogP contribution is 2.17. The number of hydrogen-bond donors (Lipinski definition) is 0. The third kappa shape index (κ3) is 5.34. The molecule has 5 nitrogen and oxygen atoms in total. The number of nitrogens with zero attached hydrogens (tertiary/aromatic N) is 4. The molecule has 2 fully saturated rings. The standard InChI is InChI=1S/C23H29FN4O/c24-21-6-8-22(9-7-21)27-14-16-28(17-15-27)23(29)19-26-12-10-25(11-13-26)18-20-4-2-1-3-5-20/h1-9H,10-19H2. The summed E-state index contributed by atoms with van der Waals surface area (Å²) in [5.41, 5.74) is 2.36. The molecule has 2 aliphatic heterocycles. The fraction of sp³-hybridized carbons (Fsp3) is 0.435. The number of carbonyl (C=O) groups is 1. The van der Waals surface area contributed by atoms with Gasteiger partial charge >= 0.3 is 0 Å². The Morgan fingerprint density at radius 1 is 0.759 bits per heavy atom. The molecule has 2 heterocycles. The maximum atomic E-state index is 13.1. The summed E-state index contributed by atoms with van der Waals surface area (Å²) in [5.74, 6) is 0.00620. The van der Waals surface area contributed by atoms with Gasteiger partial charge in [0.05, 0.1) is 6.54 Å². The van der Waals surface area contributed by atoms with Crippen LogP contribution in [-0.2, 0) is 11.3 Å². The average Bonchev–Trinajstić information content (AvgIpc) is 2.76. The molecule has 0 N–H and O–H groups in total. The quantitative estimate of drug-likeness (QED) is 0.776. The Morgan fingerprint density at radius 2 is 1.38 bits per heavy atom. The average molecular weight is 397 g/mol. The van der Waals surface area contributed by atoms with E-state index in [0.717, 1.165) is 64.6 Å². The first kappa shape index (κ1) is 19.9. The molecule has 1 amide bonds. The van der Waals surface area contributed by atoms with Crippen molar-refractivity contribution in [2.45, 2.75) is 6.54 Å². The van der Waals surface area contributed by atoms with E-state index < -0.39 is 0 Å². The normalized spacial score (nSPS) is 18.8. The molecule has 29 heavy (non-hydrogen) atoms. The van der Waals surface area contributed by atoms with Gasteiger partial charge in [0.1, 0.15) is 5.82 Å². The maximum Gasteiger partial charge on any atom is 0.236 e. The van der Waals surface area contributed by atoms with Gasteiger partial charge in [-0.1, -0.05) is 30.3 Å². The fourth-order valence-electron chi connectivity index (χ4n) is 4.10. The van der Waals surface area contributed by atoms with E-state index in [4.69, 9.17) is 0 Å². The Bertz CT molecular complexity index is 782. The summed E-state index contributed by atoms with van der Waals surface area (Å²) in [5, 5.41) is 0. The number of halogens is 1. The lowest BCUT2D eigenvalue weighted by Crippen LogP contribution is -2.53. The molecule has 0 atom stereocenters. The van der Waals surface area contributed by atoms with E-state index in [0.29, 0.717) is 6.54 Å². The van der Waals surface area contributed by atoms with E-state index in [2.05, 4.69) is 39.0 Å². The smallest absolute Gasteiger partial charge is 0.236 e. The highest BCUT2D eigenvalue weighted by atomic mass is 19.1. The second-order valence-corrected chi connectivity index (χ2v) is 7.88. The van der Waals surface area contributed by atoms with Gasteiger partial charge in [-0.15, -0.1) is 0 Å². The second-order valence-electron chi connectivity index (χ2n) is 7.88. The van der Waals surface area contributed by atoms with E-state index in [1.54, 1.807) is 0 Å². The first-order valence-electron chi connectivity index (χ1n) is 10.4. The maximum absolute atomic E-state index is 13.1. The van der Waals surface area contributed by atoms with Crippen molar-refractivity contribution in [3.63, 3.8) is 0 Å². The molecular formula is C23H29FN4O. The van der Waals surface area contributed by atoms with E-state index >= 15 is 0 Å². The summed E-state index contributed by atoms with van der Waals surface area (Å²) in [4.78, 5) is 21.6. The van der Waals surface area contributed by atoms with Crippen LogP contribution in [0, 0.1) is 5.82 Å². The third-order valence-corrected chi connectivity index (χ3v) is 5.90. The van der Waals surface area contributed by atoms with Crippen LogP contribution < -0.4 is 4.90 Å². The van der Waals surface area contributed by atoms with Crippen LogP contribution in [0.4, 0.5) is 10.1 Å². The van der Waals surface area contributed by atoms with Crippen molar-refractivity contribution in [2.75, 3.05) is 63.8 Å². The molecule has 2 aliphatic rings. The van der Waals surface area contributed by atoms with Gasteiger partial charge in [-0.2, -0.15) is 0 Å². The Balaban J connectivity index is 1.19. The molecule has 2 aromatic rings. The molecule has 6 heteroatoms. The van der Waals surface area contributed by atoms with Gasteiger partial charge in [0.15, 0.2) is 0 Å². The lowest BCUT2D eigenvalue weighted by atomic mass is 10.2. The van der Waals surface area contributed by atoms with Crippen molar-refractivity contribution in [2.24, 2.45) is 0 Å². The third-order valence-electron chi connectivity index (χ3n) is 5.90. The lowest BCUT2D eigenvalue weighted by molar-refractivity contribution is -0.133. The zero-order chi connectivity index (χ0) is 20.1. The van der Waals surface area contributed by atoms with Crippen molar-refractivity contribution in [3.8, 4) is 0 Å². The molecule has 4 rings (SSSR count). The predicted octanol–water partition coefficient (Wildman–Crippen LogP) is 2.29. The summed E-state index contributed by atoms with van der Waals surface area (Å²) >= 11 is 0. The van der Waals surface area contributed by atoms with Crippen molar-refractivity contribution in [3.05, 3.63) is 66.0 Å². The molecule has 0 unspecified atom stereocenters. The van der Waals surface area contributed by atoms with Crippen LogP contribution in [0.1, 0.15) is 5.56 Å². The van der Waals surface area contributed by atoms with Crippen LogP contribution in [0.2, 0.25) is 0 Å². The SMILES string of the molecule is O=C(CN1CCN(Cc2ccccc2)CC1)N1CCN(c2ccc(F)cc2)CC1. The van der Waals surface area contributed by atoms with Crippen LogP contribution in [0.5, 0.6) is 0 Å². The second kappa shape index (κ2) is 9.37.